The Bertz CT molecular complexity index is 986. The maximum atomic E-state index is 12.8. The maximum absolute atomic E-state index is 12.8. The van der Waals surface area contributed by atoms with Crippen LogP contribution in [-0.4, -0.2) is 42.4 Å². The first kappa shape index (κ1) is 19.6. The van der Waals surface area contributed by atoms with E-state index in [0.717, 1.165) is 10.6 Å². The molecule has 2 aromatic carbocycles. The molecule has 1 N–H and O–H groups in total. The molecule has 3 aromatic rings. The number of amides is 2. The van der Waals surface area contributed by atoms with Crippen LogP contribution < -0.4 is 10.1 Å². The number of hydrogen-bond donors (Lipinski definition) is 1. The van der Waals surface area contributed by atoms with Crippen LogP contribution in [0.1, 0.15) is 15.4 Å². The van der Waals surface area contributed by atoms with Gasteiger partial charge >= 0.3 is 0 Å². The van der Waals surface area contributed by atoms with Crippen LogP contribution in [0.25, 0.3) is 10.6 Å². The molecule has 7 heteroatoms. The minimum absolute atomic E-state index is 0.0615. The van der Waals surface area contributed by atoms with E-state index < -0.39 is 0 Å². The number of nitrogens with one attached hydrogen (secondary N) is 1. The number of rotatable bonds is 6. The van der Waals surface area contributed by atoms with E-state index in [-0.39, 0.29) is 18.4 Å². The first-order valence-corrected chi connectivity index (χ1v) is 9.52. The molecule has 144 valence electrons. The van der Waals surface area contributed by atoms with Gasteiger partial charge in [0.1, 0.15) is 15.6 Å². The van der Waals surface area contributed by atoms with Crippen LogP contribution in [0.4, 0.5) is 5.69 Å². The van der Waals surface area contributed by atoms with E-state index in [1.165, 1.54) is 16.2 Å². The Morgan fingerprint density at radius 1 is 1.14 bits per heavy atom. The van der Waals surface area contributed by atoms with E-state index >= 15 is 0 Å². The molecule has 0 bridgehead atoms. The summed E-state index contributed by atoms with van der Waals surface area (Å²) in [7, 11) is 3.17. The lowest BCUT2D eigenvalue weighted by Crippen LogP contribution is -2.34. The summed E-state index contributed by atoms with van der Waals surface area (Å²) >= 11 is 1.33. The minimum atomic E-state index is -0.283. The number of thiazole rings is 1. The molecule has 0 radical (unpaired) electrons. The lowest BCUT2D eigenvalue weighted by molar-refractivity contribution is -0.116. The van der Waals surface area contributed by atoms with Gasteiger partial charge < -0.3 is 15.0 Å². The Labute approximate surface area is 167 Å². The van der Waals surface area contributed by atoms with E-state index in [0.29, 0.717) is 22.0 Å². The van der Waals surface area contributed by atoms with Crippen LogP contribution in [0.5, 0.6) is 5.75 Å². The predicted octanol–water partition coefficient (Wildman–Crippen LogP) is 3.84. The van der Waals surface area contributed by atoms with Crippen molar-refractivity contribution in [1.82, 2.24) is 9.88 Å². The highest BCUT2D eigenvalue weighted by atomic mass is 32.1. The average Bonchev–Trinajstić information content (AvgIpc) is 3.09. The number of aromatic nitrogens is 1. The second-order valence-electron chi connectivity index (χ2n) is 6.24. The molecule has 3 rings (SSSR count). The molecule has 0 unspecified atom stereocenters. The lowest BCUT2D eigenvalue weighted by atomic mass is 10.2. The van der Waals surface area contributed by atoms with Crippen molar-refractivity contribution in [1.29, 1.82) is 0 Å². The zero-order chi connectivity index (χ0) is 20.1. The van der Waals surface area contributed by atoms with E-state index in [1.807, 2.05) is 30.3 Å². The van der Waals surface area contributed by atoms with Crippen LogP contribution in [0.3, 0.4) is 0 Å². The van der Waals surface area contributed by atoms with Crippen LogP contribution in [-0.2, 0) is 4.79 Å². The first-order chi connectivity index (χ1) is 13.5. The van der Waals surface area contributed by atoms with Gasteiger partial charge in [0.25, 0.3) is 5.91 Å². The molecule has 28 heavy (non-hydrogen) atoms. The van der Waals surface area contributed by atoms with E-state index in [2.05, 4.69) is 10.3 Å². The molecule has 1 heterocycles. The van der Waals surface area contributed by atoms with Crippen LogP contribution >= 0.6 is 11.3 Å². The predicted molar refractivity (Wildman–Crippen MR) is 111 cm³/mol. The minimum Gasteiger partial charge on any atom is -0.497 e. The van der Waals surface area contributed by atoms with E-state index in [1.54, 1.807) is 45.3 Å². The molecule has 0 aliphatic rings. The Kier molecular flexibility index (Phi) is 6.06. The fraction of sp³-hybridized carbons (Fsp3) is 0.190. The Morgan fingerprint density at radius 2 is 1.89 bits per heavy atom. The number of hydrogen-bond acceptors (Lipinski definition) is 5. The van der Waals surface area contributed by atoms with Crippen molar-refractivity contribution in [3.8, 4) is 16.3 Å². The van der Waals surface area contributed by atoms with E-state index in [9.17, 15) is 9.59 Å². The second kappa shape index (κ2) is 8.67. The van der Waals surface area contributed by atoms with Gasteiger partial charge in [-0.05, 0) is 19.1 Å². The zero-order valence-electron chi connectivity index (χ0n) is 15.9. The fourth-order valence-corrected chi connectivity index (χ4v) is 3.73. The van der Waals surface area contributed by atoms with Gasteiger partial charge in [-0.2, -0.15) is 0 Å². The smallest absolute Gasteiger partial charge is 0.266 e. The van der Waals surface area contributed by atoms with Gasteiger partial charge in [0.05, 0.1) is 19.3 Å². The highest BCUT2D eigenvalue weighted by Gasteiger charge is 2.21. The van der Waals surface area contributed by atoms with Crippen molar-refractivity contribution < 1.29 is 14.3 Å². The Balaban J connectivity index is 1.67. The summed E-state index contributed by atoms with van der Waals surface area (Å²) in [6.07, 6.45) is 0. The summed E-state index contributed by atoms with van der Waals surface area (Å²) in [5.74, 6) is 0.142. The third-order valence-corrected chi connectivity index (χ3v) is 5.29. The SMILES string of the molecule is COc1cccc(NC(=O)CN(C)C(=O)c2sc(-c3ccccc3)nc2C)c1. The summed E-state index contributed by atoms with van der Waals surface area (Å²) in [6, 6.07) is 16.8. The number of methoxy groups -OCH3 is 1. The van der Waals surface area contributed by atoms with Gasteiger partial charge in [0.2, 0.25) is 5.91 Å². The van der Waals surface area contributed by atoms with Gasteiger partial charge in [-0.15, -0.1) is 11.3 Å². The number of aryl methyl sites for hydroxylation is 1. The van der Waals surface area contributed by atoms with Crippen molar-refractivity contribution in [2.45, 2.75) is 6.92 Å². The quantitative estimate of drug-likeness (QED) is 0.688. The fourth-order valence-electron chi connectivity index (χ4n) is 2.66. The number of ether oxygens (including phenoxy) is 1. The molecule has 0 spiro atoms. The van der Waals surface area contributed by atoms with Crippen molar-refractivity contribution >= 4 is 28.8 Å². The third-order valence-electron chi connectivity index (χ3n) is 4.09. The standard InChI is InChI=1S/C21H21N3O3S/c1-14-19(28-20(22-14)15-8-5-4-6-9-15)21(26)24(2)13-18(25)23-16-10-7-11-17(12-16)27-3/h4-12H,13H2,1-3H3,(H,23,25). The average molecular weight is 395 g/mol. The first-order valence-electron chi connectivity index (χ1n) is 8.70. The zero-order valence-corrected chi connectivity index (χ0v) is 16.7. The monoisotopic (exact) mass is 395 g/mol. The number of carbonyl (C=O) groups is 2. The number of benzene rings is 2. The number of likely N-dealkylation sites (N-methyl/N-ethyl adjacent to an activating group) is 1. The highest BCUT2D eigenvalue weighted by Crippen LogP contribution is 2.28. The van der Waals surface area contributed by atoms with Crippen molar-refractivity contribution in [2.75, 3.05) is 26.0 Å². The number of anilines is 1. The molecule has 6 nitrogen and oxygen atoms in total. The van der Waals surface area contributed by atoms with Gasteiger partial charge in [-0.25, -0.2) is 4.98 Å². The van der Waals surface area contributed by atoms with Crippen LogP contribution in [0.2, 0.25) is 0 Å². The van der Waals surface area contributed by atoms with Gasteiger partial charge in [-0.1, -0.05) is 36.4 Å². The Morgan fingerprint density at radius 3 is 2.61 bits per heavy atom. The highest BCUT2D eigenvalue weighted by molar-refractivity contribution is 7.17. The second-order valence-corrected chi connectivity index (χ2v) is 7.24. The van der Waals surface area contributed by atoms with Crippen molar-refractivity contribution in [3.05, 3.63) is 65.2 Å². The van der Waals surface area contributed by atoms with E-state index in [4.69, 9.17) is 4.74 Å². The summed E-state index contributed by atoms with van der Waals surface area (Å²) in [6.45, 7) is 1.74. The third kappa shape index (κ3) is 4.55. The summed E-state index contributed by atoms with van der Waals surface area (Å²) < 4.78 is 5.14. The van der Waals surface area contributed by atoms with Gasteiger partial charge in [-0.3, -0.25) is 9.59 Å². The molecule has 0 atom stereocenters. The maximum Gasteiger partial charge on any atom is 0.266 e. The lowest BCUT2D eigenvalue weighted by Gasteiger charge is -2.16. The normalized spacial score (nSPS) is 10.4. The number of nitrogens with zero attached hydrogens (tertiary/aromatic N) is 2. The molecular formula is C21H21N3O3S. The van der Waals surface area contributed by atoms with Crippen LogP contribution in [0, 0.1) is 6.92 Å². The topological polar surface area (TPSA) is 71.5 Å². The molecule has 0 aliphatic heterocycles. The molecule has 0 fully saturated rings. The largest absolute Gasteiger partial charge is 0.497 e. The summed E-state index contributed by atoms with van der Waals surface area (Å²) in [4.78, 5) is 31.5. The molecule has 0 aliphatic carbocycles. The number of carbonyl (C=O) groups excluding carboxylic acids is 2. The molecule has 0 saturated heterocycles. The summed E-state index contributed by atoms with van der Waals surface area (Å²) in [5, 5.41) is 3.56. The van der Waals surface area contributed by atoms with Gasteiger partial charge in [0, 0.05) is 24.4 Å². The molecule has 2 amide bonds. The van der Waals surface area contributed by atoms with Crippen molar-refractivity contribution in [3.63, 3.8) is 0 Å². The summed E-state index contributed by atoms with van der Waals surface area (Å²) in [5.41, 5.74) is 2.24. The van der Waals surface area contributed by atoms with Crippen LogP contribution in [0.15, 0.2) is 54.6 Å². The molecule has 1 aromatic heterocycles. The molecular weight excluding hydrogens is 374 g/mol. The van der Waals surface area contributed by atoms with Crippen molar-refractivity contribution in [2.24, 2.45) is 0 Å². The molecule has 0 saturated carbocycles. The van der Waals surface area contributed by atoms with Gasteiger partial charge in [0.15, 0.2) is 0 Å². The Hall–Kier alpha value is -3.19.